The number of nitrogens with zero attached hydrogens (tertiary/aromatic N) is 2. The van der Waals surface area contributed by atoms with Crippen molar-refractivity contribution < 1.29 is 9.53 Å². The third-order valence-corrected chi connectivity index (χ3v) is 2.68. The standard InChI is InChI=1S/C14H18N4O2/c1-10(2)20-8-11-3-5-12(6-4-11)14(19)15-7-13-16-9-17-18-13/h3-6,9-10H,7-8H2,1-2H3,(H,15,19)(H,16,17,18). The summed E-state index contributed by atoms with van der Waals surface area (Å²) in [5.74, 6) is 0.484. The molecule has 6 heteroatoms. The van der Waals surface area contributed by atoms with Gasteiger partial charge in [0.15, 0.2) is 0 Å². The molecule has 0 aliphatic rings. The van der Waals surface area contributed by atoms with Gasteiger partial charge in [0.2, 0.25) is 0 Å². The van der Waals surface area contributed by atoms with Gasteiger partial charge in [-0.25, -0.2) is 4.98 Å². The predicted octanol–water partition coefficient (Wildman–Crippen LogP) is 1.66. The van der Waals surface area contributed by atoms with Crippen LogP contribution in [0.5, 0.6) is 0 Å². The number of aromatic nitrogens is 3. The summed E-state index contributed by atoms with van der Waals surface area (Å²) in [4.78, 5) is 15.9. The van der Waals surface area contributed by atoms with E-state index in [9.17, 15) is 4.79 Å². The lowest BCUT2D eigenvalue weighted by molar-refractivity contribution is 0.0657. The average Bonchev–Trinajstić information content (AvgIpc) is 2.96. The van der Waals surface area contributed by atoms with Crippen molar-refractivity contribution in [2.45, 2.75) is 33.1 Å². The zero-order chi connectivity index (χ0) is 14.4. The van der Waals surface area contributed by atoms with Crippen molar-refractivity contribution in [3.8, 4) is 0 Å². The first kappa shape index (κ1) is 14.2. The monoisotopic (exact) mass is 274 g/mol. The maximum Gasteiger partial charge on any atom is 0.251 e. The molecular formula is C14H18N4O2. The van der Waals surface area contributed by atoms with Gasteiger partial charge in [0.1, 0.15) is 12.2 Å². The molecule has 0 spiro atoms. The maximum atomic E-state index is 11.9. The van der Waals surface area contributed by atoms with Gasteiger partial charge in [-0.3, -0.25) is 9.89 Å². The lowest BCUT2D eigenvalue weighted by atomic mass is 10.1. The second-order valence-corrected chi connectivity index (χ2v) is 4.67. The van der Waals surface area contributed by atoms with E-state index in [4.69, 9.17) is 4.74 Å². The van der Waals surface area contributed by atoms with E-state index >= 15 is 0 Å². The number of carbonyl (C=O) groups is 1. The smallest absolute Gasteiger partial charge is 0.251 e. The Morgan fingerprint density at radius 2 is 2.10 bits per heavy atom. The minimum atomic E-state index is -0.141. The molecule has 0 fully saturated rings. The van der Waals surface area contributed by atoms with Crippen LogP contribution in [0.1, 0.15) is 35.6 Å². The van der Waals surface area contributed by atoms with Crippen LogP contribution in [-0.4, -0.2) is 27.2 Å². The van der Waals surface area contributed by atoms with Crippen molar-refractivity contribution in [3.05, 3.63) is 47.5 Å². The zero-order valence-corrected chi connectivity index (χ0v) is 11.6. The molecule has 1 heterocycles. The minimum Gasteiger partial charge on any atom is -0.374 e. The SMILES string of the molecule is CC(C)OCc1ccc(C(=O)NCc2ncn[nH]2)cc1. The van der Waals surface area contributed by atoms with Gasteiger partial charge in [-0.1, -0.05) is 12.1 Å². The Labute approximate surface area is 117 Å². The van der Waals surface area contributed by atoms with Crippen molar-refractivity contribution in [1.82, 2.24) is 20.5 Å². The van der Waals surface area contributed by atoms with E-state index < -0.39 is 0 Å². The first-order valence-corrected chi connectivity index (χ1v) is 6.48. The number of hydrogen-bond acceptors (Lipinski definition) is 4. The summed E-state index contributed by atoms with van der Waals surface area (Å²) >= 11 is 0. The Bertz CT molecular complexity index is 535. The Kier molecular flexibility index (Phi) is 4.84. The first-order valence-electron chi connectivity index (χ1n) is 6.48. The fourth-order valence-corrected chi connectivity index (χ4v) is 1.60. The van der Waals surface area contributed by atoms with Crippen molar-refractivity contribution >= 4 is 5.91 Å². The highest BCUT2D eigenvalue weighted by molar-refractivity contribution is 5.94. The number of ether oxygens (including phenoxy) is 1. The lowest BCUT2D eigenvalue weighted by Gasteiger charge is -2.08. The second kappa shape index (κ2) is 6.81. The van der Waals surface area contributed by atoms with E-state index in [1.807, 2.05) is 26.0 Å². The van der Waals surface area contributed by atoms with Gasteiger partial charge in [0.05, 0.1) is 19.3 Å². The first-order chi connectivity index (χ1) is 9.65. The molecule has 0 aliphatic carbocycles. The Balaban J connectivity index is 1.87. The largest absolute Gasteiger partial charge is 0.374 e. The van der Waals surface area contributed by atoms with E-state index in [-0.39, 0.29) is 12.0 Å². The highest BCUT2D eigenvalue weighted by atomic mass is 16.5. The zero-order valence-electron chi connectivity index (χ0n) is 11.6. The van der Waals surface area contributed by atoms with Gasteiger partial charge in [-0.2, -0.15) is 5.10 Å². The second-order valence-electron chi connectivity index (χ2n) is 4.67. The molecule has 106 valence electrons. The molecule has 0 aliphatic heterocycles. The number of amides is 1. The highest BCUT2D eigenvalue weighted by Crippen LogP contribution is 2.07. The van der Waals surface area contributed by atoms with Crippen LogP contribution >= 0.6 is 0 Å². The number of rotatable bonds is 6. The summed E-state index contributed by atoms with van der Waals surface area (Å²) in [6.07, 6.45) is 1.60. The quantitative estimate of drug-likeness (QED) is 0.839. The molecule has 2 N–H and O–H groups in total. The average molecular weight is 274 g/mol. The molecule has 1 aromatic carbocycles. The third-order valence-electron chi connectivity index (χ3n) is 2.68. The van der Waals surface area contributed by atoms with Gasteiger partial charge in [-0.05, 0) is 31.5 Å². The molecule has 20 heavy (non-hydrogen) atoms. The molecule has 0 saturated carbocycles. The fourth-order valence-electron chi connectivity index (χ4n) is 1.60. The summed E-state index contributed by atoms with van der Waals surface area (Å²) in [5.41, 5.74) is 1.66. The summed E-state index contributed by atoms with van der Waals surface area (Å²) in [7, 11) is 0. The van der Waals surface area contributed by atoms with E-state index in [1.54, 1.807) is 12.1 Å². The summed E-state index contributed by atoms with van der Waals surface area (Å²) < 4.78 is 5.50. The molecule has 0 unspecified atom stereocenters. The number of H-pyrrole nitrogens is 1. The number of aromatic amines is 1. The van der Waals surface area contributed by atoms with Crippen LogP contribution in [0.4, 0.5) is 0 Å². The predicted molar refractivity (Wildman–Crippen MR) is 73.9 cm³/mol. The van der Waals surface area contributed by atoms with Crippen molar-refractivity contribution in [3.63, 3.8) is 0 Å². The van der Waals surface area contributed by atoms with E-state index in [0.29, 0.717) is 24.5 Å². The van der Waals surface area contributed by atoms with Crippen LogP contribution in [0.15, 0.2) is 30.6 Å². The van der Waals surface area contributed by atoms with Crippen LogP contribution in [0.3, 0.4) is 0 Å². The molecule has 0 saturated heterocycles. The highest BCUT2D eigenvalue weighted by Gasteiger charge is 2.06. The molecular weight excluding hydrogens is 256 g/mol. The maximum absolute atomic E-state index is 11.9. The van der Waals surface area contributed by atoms with Gasteiger partial charge < -0.3 is 10.1 Å². The lowest BCUT2D eigenvalue weighted by Crippen LogP contribution is -2.23. The number of hydrogen-bond donors (Lipinski definition) is 2. The van der Waals surface area contributed by atoms with Gasteiger partial charge in [0.25, 0.3) is 5.91 Å². The Hall–Kier alpha value is -2.21. The van der Waals surface area contributed by atoms with Crippen molar-refractivity contribution in [1.29, 1.82) is 0 Å². The van der Waals surface area contributed by atoms with Gasteiger partial charge >= 0.3 is 0 Å². The Morgan fingerprint density at radius 1 is 1.35 bits per heavy atom. The third kappa shape index (κ3) is 4.17. The van der Waals surface area contributed by atoms with Gasteiger partial charge in [-0.15, -0.1) is 0 Å². The van der Waals surface area contributed by atoms with E-state index in [2.05, 4.69) is 20.5 Å². The minimum absolute atomic E-state index is 0.141. The molecule has 6 nitrogen and oxygen atoms in total. The van der Waals surface area contributed by atoms with Crippen LogP contribution in [0.25, 0.3) is 0 Å². The fraction of sp³-hybridized carbons (Fsp3) is 0.357. The molecule has 1 aromatic heterocycles. The van der Waals surface area contributed by atoms with E-state index in [0.717, 1.165) is 5.56 Å². The van der Waals surface area contributed by atoms with Gasteiger partial charge in [0, 0.05) is 5.56 Å². The van der Waals surface area contributed by atoms with Crippen molar-refractivity contribution in [2.24, 2.45) is 0 Å². The van der Waals surface area contributed by atoms with Crippen molar-refractivity contribution in [2.75, 3.05) is 0 Å². The summed E-state index contributed by atoms with van der Waals surface area (Å²) in [5, 5.41) is 9.17. The van der Waals surface area contributed by atoms with Crippen LogP contribution in [-0.2, 0) is 17.9 Å². The molecule has 0 atom stereocenters. The molecule has 0 radical (unpaired) electrons. The van der Waals surface area contributed by atoms with Crippen LogP contribution < -0.4 is 5.32 Å². The molecule has 1 amide bonds. The molecule has 0 bridgehead atoms. The number of nitrogens with one attached hydrogen (secondary N) is 2. The molecule has 2 rings (SSSR count). The molecule has 2 aromatic rings. The number of benzene rings is 1. The summed E-state index contributed by atoms with van der Waals surface area (Å²) in [6, 6.07) is 7.36. The Morgan fingerprint density at radius 3 is 2.70 bits per heavy atom. The normalized spacial score (nSPS) is 10.8. The van der Waals surface area contributed by atoms with Crippen LogP contribution in [0, 0.1) is 0 Å². The van der Waals surface area contributed by atoms with E-state index in [1.165, 1.54) is 6.33 Å². The number of carbonyl (C=O) groups excluding carboxylic acids is 1. The topological polar surface area (TPSA) is 79.9 Å². The summed E-state index contributed by atoms with van der Waals surface area (Å²) in [6.45, 7) is 4.87. The van der Waals surface area contributed by atoms with Crippen LogP contribution in [0.2, 0.25) is 0 Å².